The lowest BCUT2D eigenvalue weighted by Crippen LogP contribution is -2.02. The highest BCUT2D eigenvalue weighted by molar-refractivity contribution is 7.13. The SMILES string of the molecule is COc1cc(Nc2nc(C)cs2)c(Cl)cc1C(=O)O. The Balaban J connectivity index is 2.38. The van der Waals surface area contributed by atoms with E-state index in [-0.39, 0.29) is 11.3 Å². The summed E-state index contributed by atoms with van der Waals surface area (Å²) in [5.74, 6) is -0.844. The van der Waals surface area contributed by atoms with Crippen molar-refractivity contribution in [3.05, 3.63) is 33.8 Å². The Morgan fingerprint density at radius 2 is 2.26 bits per heavy atom. The fourth-order valence-corrected chi connectivity index (χ4v) is 2.42. The monoisotopic (exact) mass is 298 g/mol. The Kier molecular flexibility index (Phi) is 3.92. The van der Waals surface area contributed by atoms with Gasteiger partial charge in [-0.05, 0) is 13.0 Å². The van der Waals surface area contributed by atoms with Crippen LogP contribution in [0.1, 0.15) is 16.1 Å². The number of aryl methyl sites for hydroxylation is 1. The largest absolute Gasteiger partial charge is 0.496 e. The van der Waals surface area contributed by atoms with E-state index in [2.05, 4.69) is 10.3 Å². The molecule has 0 bridgehead atoms. The lowest BCUT2D eigenvalue weighted by Gasteiger charge is -2.10. The quantitative estimate of drug-likeness (QED) is 0.903. The number of aromatic nitrogens is 1. The Morgan fingerprint density at radius 1 is 1.53 bits per heavy atom. The van der Waals surface area contributed by atoms with Crippen molar-refractivity contribution < 1.29 is 14.6 Å². The maximum absolute atomic E-state index is 11.0. The predicted octanol–water partition coefficient (Wildman–Crippen LogP) is 3.56. The third-order valence-corrected chi connectivity index (χ3v) is 3.57. The van der Waals surface area contributed by atoms with Gasteiger partial charge in [0.15, 0.2) is 5.13 Å². The lowest BCUT2D eigenvalue weighted by molar-refractivity contribution is 0.0693. The van der Waals surface area contributed by atoms with Gasteiger partial charge in [-0.2, -0.15) is 0 Å². The molecule has 0 aliphatic heterocycles. The van der Waals surface area contributed by atoms with Crippen LogP contribution in [-0.4, -0.2) is 23.2 Å². The van der Waals surface area contributed by atoms with Crippen molar-refractivity contribution in [2.24, 2.45) is 0 Å². The first-order valence-electron chi connectivity index (χ1n) is 5.31. The molecule has 0 atom stereocenters. The molecule has 0 saturated carbocycles. The third-order valence-electron chi connectivity index (χ3n) is 2.38. The summed E-state index contributed by atoms with van der Waals surface area (Å²) in [6.45, 7) is 1.89. The minimum absolute atomic E-state index is 0.0216. The van der Waals surface area contributed by atoms with E-state index in [1.807, 2.05) is 12.3 Å². The molecule has 2 aromatic rings. The van der Waals surface area contributed by atoms with Gasteiger partial charge in [0, 0.05) is 11.4 Å². The number of thiazole rings is 1. The zero-order chi connectivity index (χ0) is 14.0. The van der Waals surface area contributed by atoms with Gasteiger partial charge in [-0.1, -0.05) is 11.6 Å². The number of hydrogen-bond donors (Lipinski definition) is 2. The van der Waals surface area contributed by atoms with Crippen LogP contribution in [0.15, 0.2) is 17.5 Å². The predicted molar refractivity (Wildman–Crippen MR) is 75.1 cm³/mol. The van der Waals surface area contributed by atoms with Gasteiger partial charge in [-0.15, -0.1) is 11.3 Å². The first-order valence-corrected chi connectivity index (χ1v) is 6.57. The van der Waals surface area contributed by atoms with Gasteiger partial charge in [-0.3, -0.25) is 0 Å². The average Bonchev–Trinajstić information content (AvgIpc) is 2.76. The highest BCUT2D eigenvalue weighted by Crippen LogP contribution is 2.33. The molecule has 2 rings (SSSR count). The molecule has 0 amide bonds. The number of carboxylic acid groups (broad SMARTS) is 1. The van der Waals surface area contributed by atoms with E-state index in [0.29, 0.717) is 15.8 Å². The number of aromatic carboxylic acids is 1. The van der Waals surface area contributed by atoms with Gasteiger partial charge in [0.1, 0.15) is 11.3 Å². The summed E-state index contributed by atoms with van der Waals surface area (Å²) in [7, 11) is 1.41. The van der Waals surface area contributed by atoms with Crippen molar-refractivity contribution in [3.8, 4) is 5.75 Å². The number of hydrogen-bond acceptors (Lipinski definition) is 5. The van der Waals surface area contributed by atoms with Crippen molar-refractivity contribution in [2.45, 2.75) is 6.92 Å². The van der Waals surface area contributed by atoms with Crippen LogP contribution in [0, 0.1) is 6.92 Å². The molecule has 0 aliphatic rings. The maximum atomic E-state index is 11.0. The highest BCUT2D eigenvalue weighted by atomic mass is 35.5. The highest BCUT2D eigenvalue weighted by Gasteiger charge is 2.15. The molecule has 1 aromatic heterocycles. The molecule has 7 heteroatoms. The van der Waals surface area contributed by atoms with E-state index in [4.69, 9.17) is 21.4 Å². The lowest BCUT2D eigenvalue weighted by atomic mass is 10.2. The van der Waals surface area contributed by atoms with Crippen LogP contribution < -0.4 is 10.1 Å². The molecule has 100 valence electrons. The molecule has 19 heavy (non-hydrogen) atoms. The number of ether oxygens (including phenoxy) is 1. The molecular weight excluding hydrogens is 288 g/mol. The van der Waals surface area contributed by atoms with Gasteiger partial charge in [0.25, 0.3) is 0 Å². The van der Waals surface area contributed by atoms with Gasteiger partial charge >= 0.3 is 5.97 Å². The first-order chi connectivity index (χ1) is 9.01. The summed E-state index contributed by atoms with van der Waals surface area (Å²) in [5, 5.41) is 15.0. The molecule has 5 nitrogen and oxygen atoms in total. The van der Waals surface area contributed by atoms with Gasteiger partial charge < -0.3 is 15.2 Å². The molecule has 2 N–H and O–H groups in total. The van der Waals surface area contributed by atoms with E-state index in [0.717, 1.165) is 5.69 Å². The second-order valence-corrected chi connectivity index (χ2v) is 5.02. The second-order valence-electron chi connectivity index (χ2n) is 3.76. The number of nitrogens with zero attached hydrogens (tertiary/aromatic N) is 1. The number of nitrogens with one attached hydrogen (secondary N) is 1. The molecule has 0 fully saturated rings. The molecular formula is C12H11ClN2O3S. The van der Waals surface area contributed by atoms with E-state index in [9.17, 15) is 4.79 Å². The van der Waals surface area contributed by atoms with Gasteiger partial charge in [0.05, 0.1) is 23.5 Å². The molecule has 0 aliphatic carbocycles. The number of anilines is 2. The van der Waals surface area contributed by atoms with E-state index < -0.39 is 5.97 Å². The summed E-state index contributed by atoms with van der Waals surface area (Å²) < 4.78 is 5.05. The Labute approximate surface area is 118 Å². The molecule has 1 aromatic carbocycles. The minimum atomic E-state index is -1.09. The average molecular weight is 299 g/mol. The number of halogens is 1. The van der Waals surface area contributed by atoms with Gasteiger partial charge in [-0.25, -0.2) is 9.78 Å². The van der Waals surface area contributed by atoms with Crippen LogP contribution in [-0.2, 0) is 0 Å². The van der Waals surface area contributed by atoms with Crippen molar-refractivity contribution in [1.82, 2.24) is 4.98 Å². The number of benzene rings is 1. The minimum Gasteiger partial charge on any atom is -0.496 e. The third kappa shape index (κ3) is 2.97. The van der Waals surface area contributed by atoms with Crippen molar-refractivity contribution in [2.75, 3.05) is 12.4 Å². The molecule has 0 saturated heterocycles. The summed E-state index contributed by atoms with van der Waals surface area (Å²) in [4.78, 5) is 15.3. The number of rotatable bonds is 4. The van der Waals surface area contributed by atoms with Crippen molar-refractivity contribution in [3.63, 3.8) is 0 Å². The Morgan fingerprint density at radius 3 is 2.79 bits per heavy atom. The van der Waals surface area contributed by atoms with Crippen LogP contribution in [0.2, 0.25) is 5.02 Å². The molecule has 0 unspecified atom stereocenters. The smallest absolute Gasteiger partial charge is 0.339 e. The van der Waals surface area contributed by atoms with Crippen LogP contribution in [0.3, 0.4) is 0 Å². The van der Waals surface area contributed by atoms with Crippen molar-refractivity contribution >= 4 is 39.7 Å². The number of carboxylic acids is 1. The van der Waals surface area contributed by atoms with Gasteiger partial charge in [0.2, 0.25) is 0 Å². The van der Waals surface area contributed by atoms with Crippen LogP contribution in [0.25, 0.3) is 0 Å². The molecule has 1 heterocycles. The molecule has 0 spiro atoms. The Hall–Kier alpha value is -1.79. The molecule has 0 radical (unpaired) electrons. The zero-order valence-corrected chi connectivity index (χ0v) is 11.8. The summed E-state index contributed by atoms with van der Waals surface area (Å²) in [6.07, 6.45) is 0. The van der Waals surface area contributed by atoms with E-state index >= 15 is 0 Å². The number of carbonyl (C=O) groups is 1. The second kappa shape index (κ2) is 5.46. The summed E-state index contributed by atoms with van der Waals surface area (Å²) >= 11 is 7.49. The van der Waals surface area contributed by atoms with Crippen molar-refractivity contribution in [1.29, 1.82) is 0 Å². The van der Waals surface area contributed by atoms with E-state index in [1.165, 1.54) is 24.5 Å². The Bertz CT molecular complexity index is 627. The fourth-order valence-electron chi connectivity index (χ4n) is 1.51. The van der Waals surface area contributed by atoms with Crippen LogP contribution in [0.4, 0.5) is 10.8 Å². The van der Waals surface area contributed by atoms with Crippen LogP contribution in [0.5, 0.6) is 5.75 Å². The first kappa shape index (κ1) is 13.6. The maximum Gasteiger partial charge on any atom is 0.339 e. The standard InChI is InChI=1S/C12H11ClN2O3S/c1-6-5-19-12(14-6)15-9-4-10(18-2)7(11(16)17)3-8(9)13/h3-5H,1-2H3,(H,14,15)(H,16,17). The normalized spacial score (nSPS) is 10.3. The van der Waals surface area contributed by atoms with E-state index in [1.54, 1.807) is 6.07 Å². The van der Waals surface area contributed by atoms with Crippen LogP contribution >= 0.6 is 22.9 Å². The number of methoxy groups -OCH3 is 1. The summed E-state index contributed by atoms with van der Waals surface area (Å²) in [5.41, 5.74) is 1.48. The fraction of sp³-hybridized carbons (Fsp3) is 0.167. The summed E-state index contributed by atoms with van der Waals surface area (Å²) in [6, 6.07) is 2.90. The zero-order valence-electron chi connectivity index (χ0n) is 10.2. The topological polar surface area (TPSA) is 71.5 Å².